The Balaban J connectivity index is 2.18. The summed E-state index contributed by atoms with van der Waals surface area (Å²) in [7, 11) is -0.888. The van der Waals surface area contributed by atoms with Crippen LogP contribution in [0, 0.1) is 0 Å². The summed E-state index contributed by atoms with van der Waals surface area (Å²) in [6.07, 6.45) is 3.91. The monoisotopic (exact) mass is 478 g/mol. The van der Waals surface area contributed by atoms with Gasteiger partial charge in [0, 0.05) is 33.3 Å². The highest BCUT2D eigenvalue weighted by atomic mass is 32.2. The number of hydrogen-bond acceptors (Lipinski definition) is 7. The smallest absolute Gasteiger partial charge is 0.246 e. The predicted octanol–water partition coefficient (Wildman–Crippen LogP) is 4.36. The lowest BCUT2D eigenvalue weighted by Gasteiger charge is -2.29. The second-order valence-electron chi connectivity index (χ2n) is 8.20. The van der Waals surface area contributed by atoms with Gasteiger partial charge < -0.3 is 24.2 Å². The van der Waals surface area contributed by atoms with Crippen LogP contribution in [0.4, 0.5) is 5.69 Å². The van der Waals surface area contributed by atoms with Crippen molar-refractivity contribution in [3.8, 4) is 23.0 Å². The minimum atomic E-state index is -3.85. The number of benzene rings is 2. The number of rotatable bonds is 12. The van der Waals surface area contributed by atoms with Crippen molar-refractivity contribution in [2.75, 3.05) is 38.9 Å². The molecule has 0 radical (unpaired) electrons. The number of aliphatic hydroxyl groups is 1. The first-order valence-corrected chi connectivity index (χ1v) is 12.8. The number of nitrogens with zero attached hydrogens (tertiary/aromatic N) is 2. The Hall–Kier alpha value is -2.49. The lowest BCUT2D eigenvalue weighted by atomic mass is 10.1. The lowest BCUT2D eigenvalue weighted by Crippen LogP contribution is -2.28. The van der Waals surface area contributed by atoms with Gasteiger partial charge in [-0.15, -0.1) is 0 Å². The summed E-state index contributed by atoms with van der Waals surface area (Å²) in [6.45, 7) is 5.61. The van der Waals surface area contributed by atoms with E-state index in [2.05, 4.69) is 18.7 Å². The molecule has 8 nitrogen and oxygen atoms in total. The highest BCUT2D eigenvalue weighted by Crippen LogP contribution is 2.43. The van der Waals surface area contributed by atoms with E-state index in [0.29, 0.717) is 28.5 Å². The third kappa shape index (κ3) is 5.72. The van der Waals surface area contributed by atoms with Crippen molar-refractivity contribution in [3.63, 3.8) is 0 Å². The van der Waals surface area contributed by atoms with Crippen LogP contribution in [0.15, 0.2) is 35.2 Å². The molecule has 1 aliphatic rings. The maximum Gasteiger partial charge on any atom is 0.246 e. The molecule has 0 unspecified atom stereocenters. The number of aliphatic hydroxyl groups excluding tert-OH is 1. The summed E-state index contributed by atoms with van der Waals surface area (Å²) in [5, 5.41) is 9.91. The average Bonchev–Trinajstić information content (AvgIpc) is 3.27. The minimum Gasteiger partial charge on any atom is -0.454 e. The van der Waals surface area contributed by atoms with Gasteiger partial charge in [-0.2, -0.15) is 0 Å². The van der Waals surface area contributed by atoms with E-state index in [0.717, 1.165) is 43.1 Å². The van der Waals surface area contributed by atoms with Crippen LogP contribution >= 0.6 is 0 Å². The molecule has 0 saturated carbocycles. The Morgan fingerprint density at radius 3 is 2.27 bits per heavy atom. The maximum atomic E-state index is 13.3. The van der Waals surface area contributed by atoms with Crippen LogP contribution in [0.5, 0.6) is 23.0 Å². The van der Waals surface area contributed by atoms with Gasteiger partial charge in [-0.05, 0) is 42.7 Å². The highest BCUT2D eigenvalue weighted by molar-refractivity contribution is 7.89. The first kappa shape index (κ1) is 25.1. The second kappa shape index (κ2) is 11.1. The Morgan fingerprint density at radius 2 is 1.67 bits per heavy atom. The van der Waals surface area contributed by atoms with Crippen LogP contribution < -0.4 is 19.1 Å². The van der Waals surface area contributed by atoms with E-state index in [4.69, 9.17) is 14.2 Å². The van der Waals surface area contributed by atoms with Gasteiger partial charge in [-0.1, -0.05) is 26.7 Å². The molecule has 2 aromatic carbocycles. The van der Waals surface area contributed by atoms with E-state index < -0.39 is 10.0 Å². The standard InChI is InChI=1S/C24H34N2O6S/c1-5-7-11-26(12-8-6-2)20-13-18(16-27)14-23(33(28,29)25(3)4)24(20)32-19-9-10-21-22(15-19)31-17-30-21/h9-10,13-15,27H,5-8,11-12,16-17H2,1-4H3. The molecule has 0 spiro atoms. The molecule has 1 aliphatic heterocycles. The third-order valence-electron chi connectivity index (χ3n) is 5.50. The van der Waals surface area contributed by atoms with E-state index in [-0.39, 0.29) is 24.0 Å². The first-order valence-electron chi connectivity index (χ1n) is 11.3. The van der Waals surface area contributed by atoms with Crippen LogP contribution in [0.3, 0.4) is 0 Å². The molecule has 0 aliphatic carbocycles. The Morgan fingerprint density at radius 1 is 1.00 bits per heavy atom. The summed E-state index contributed by atoms with van der Waals surface area (Å²) in [5.74, 6) is 1.85. The molecular formula is C24H34N2O6S. The normalized spacial score (nSPS) is 12.9. The molecule has 182 valence electrons. The fourth-order valence-electron chi connectivity index (χ4n) is 3.57. The Labute approximate surface area is 196 Å². The van der Waals surface area contributed by atoms with Gasteiger partial charge in [-0.25, -0.2) is 12.7 Å². The molecule has 2 aromatic rings. The topological polar surface area (TPSA) is 88.5 Å². The molecule has 3 rings (SSSR count). The fraction of sp³-hybridized carbons (Fsp3) is 0.500. The van der Waals surface area contributed by atoms with E-state index in [9.17, 15) is 13.5 Å². The molecule has 0 saturated heterocycles. The average molecular weight is 479 g/mol. The number of hydrogen-bond donors (Lipinski definition) is 1. The Bertz CT molecular complexity index is 1050. The zero-order valence-electron chi connectivity index (χ0n) is 19.8. The summed E-state index contributed by atoms with van der Waals surface area (Å²) in [6, 6.07) is 8.47. The van der Waals surface area contributed by atoms with Crippen LogP contribution in [-0.4, -0.2) is 51.8 Å². The lowest BCUT2D eigenvalue weighted by molar-refractivity contribution is 0.174. The molecule has 0 amide bonds. The predicted molar refractivity (Wildman–Crippen MR) is 128 cm³/mol. The minimum absolute atomic E-state index is 0.0183. The number of sulfonamides is 1. The molecule has 0 fully saturated rings. The molecule has 0 aromatic heterocycles. The molecule has 1 N–H and O–H groups in total. The summed E-state index contributed by atoms with van der Waals surface area (Å²) >= 11 is 0. The van der Waals surface area contributed by atoms with Gasteiger partial charge in [-0.3, -0.25) is 0 Å². The van der Waals surface area contributed by atoms with E-state index >= 15 is 0 Å². The number of unbranched alkanes of at least 4 members (excludes halogenated alkanes) is 2. The van der Waals surface area contributed by atoms with Crippen LogP contribution in [0.25, 0.3) is 0 Å². The van der Waals surface area contributed by atoms with Crippen LogP contribution in [0.1, 0.15) is 45.1 Å². The van der Waals surface area contributed by atoms with Crippen molar-refractivity contribution in [2.45, 2.75) is 51.0 Å². The van der Waals surface area contributed by atoms with Crippen molar-refractivity contribution in [2.24, 2.45) is 0 Å². The third-order valence-corrected chi connectivity index (χ3v) is 7.32. The van der Waals surface area contributed by atoms with Gasteiger partial charge in [0.25, 0.3) is 0 Å². The zero-order chi connectivity index (χ0) is 24.0. The molecular weight excluding hydrogens is 444 g/mol. The van der Waals surface area contributed by atoms with Crippen LogP contribution in [-0.2, 0) is 16.6 Å². The Kier molecular flexibility index (Phi) is 8.45. The van der Waals surface area contributed by atoms with Gasteiger partial charge >= 0.3 is 0 Å². The van der Waals surface area contributed by atoms with Gasteiger partial charge in [0.2, 0.25) is 16.8 Å². The van der Waals surface area contributed by atoms with Gasteiger partial charge in [0.15, 0.2) is 17.2 Å². The quantitative estimate of drug-likeness (QED) is 0.485. The number of anilines is 1. The van der Waals surface area contributed by atoms with E-state index in [1.165, 1.54) is 20.2 Å². The van der Waals surface area contributed by atoms with Gasteiger partial charge in [0.05, 0.1) is 12.3 Å². The fourth-order valence-corrected chi connectivity index (χ4v) is 4.64. The van der Waals surface area contributed by atoms with Crippen molar-refractivity contribution in [1.82, 2.24) is 4.31 Å². The molecule has 33 heavy (non-hydrogen) atoms. The van der Waals surface area contributed by atoms with Crippen molar-refractivity contribution in [3.05, 3.63) is 35.9 Å². The molecule has 0 bridgehead atoms. The largest absolute Gasteiger partial charge is 0.454 e. The van der Waals surface area contributed by atoms with Crippen molar-refractivity contribution < 1.29 is 27.7 Å². The molecule has 9 heteroatoms. The highest BCUT2D eigenvalue weighted by Gasteiger charge is 2.28. The first-order chi connectivity index (χ1) is 15.8. The maximum absolute atomic E-state index is 13.3. The summed E-state index contributed by atoms with van der Waals surface area (Å²) in [5.41, 5.74) is 1.17. The summed E-state index contributed by atoms with van der Waals surface area (Å²) in [4.78, 5) is 2.17. The van der Waals surface area contributed by atoms with Crippen molar-refractivity contribution in [1.29, 1.82) is 0 Å². The zero-order valence-corrected chi connectivity index (χ0v) is 20.7. The van der Waals surface area contributed by atoms with Crippen molar-refractivity contribution >= 4 is 15.7 Å². The summed E-state index contributed by atoms with van der Waals surface area (Å²) < 4.78 is 44.9. The van der Waals surface area contributed by atoms with E-state index in [1.54, 1.807) is 18.2 Å². The number of ether oxygens (including phenoxy) is 3. The SMILES string of the molecule is CCCCN(CCCC)c1cc(CO)cc(S(=O)(=O)N(C)C)c1Oc1ccc2c(c1)OCO2. The number of fused-ring (bicyclic) bond motifs is 1. The molecule has 1 heterocycles. The second-order valence-corrected chi connectivity index (χ2v) is 10.3. The molecule has 0 atom stereocenters. The van der Waals surface area contributed by atoms with Crippen LogP contribution in [0.2, 0.25) is 0 Å². The van der Waals surface area contributed by atoms with E-state index in [1.807, 2.05) is 6.07 Å². The van der Waals surface area contributed by atoms with Gasteiger partial charge in [0.1, 0.15) is 10.6 Å².